The molecule has 0 amide bonds. The summed E-state index contributed by atoms with van der Waals surface area (Å²) >= 11 is 0. The van der Waals surface area contributed by atoms with Crippen molar-refractivity contribution in [2.75, 3.05) is 13.7 Å². The van der Waals surface area contributed by atoms with E-state index in [4.69, 9.17) is 9.47 Å². The maximum Gasteiger partial charge on any atom is 0.194 e. The van der Waals surface area contributed by atoms with E-state index < -0.39 is 5.79 Å². The van der Waals surface area contributed by atoms with Crippen LogP contribution in [0.3, 0.4) is 0 Å². The van der Waals surface area contributed by atoms with Gasteiger partial charge in [0, 0.05) is 24.9 Å². The summed E-state index contributed by atoms with van der Waals surface area (Å²) in [6.45, 7) is 4.69. The summed E-state index contributed by atoms with van der Waals surface area (Å²) in [4.78, 5) is 12.1. The van der Waals surface area contributed by atoms with Gasteiger partial charge in [-0.2, -0.15) is 0 Å². The second-order valence-electron chi connectivity index (χ2n) is 5.43. The van der Waals surface area contributed by atoms with Gasteiger partial charge in [-0.05, 0) is 31.9 Å². The highest BCUT2D eigenvalue weighted by Gasteiger charge is 2.58. The van der Waals surface area contributed by atoms with Gasteiger partial charge in [0.2, 0.25) is 0 Å². The molecule has 1 aliphatic heterocycles. The average Bonchev–Trinajstić information content (AvgIpc) is 2.66. The lowest BCUT2D eigenvalue weighted by Gasteiger charge is -2.43. The molecule has 4 atom stereocenters. The highest BCUT2D eigenvalue weighted by molar-refractivity contribution is 5.94. The van der Waals surface area contributed by atoms with Crippen LogP contribution in [0.4, 0.5) is 0 Å². The van der Waals surface area contributed by atoms with Gasteiger partial charge < -0.3 is 9.47 Å². The van der Waals surface area contributed by atoms with Crippen LogP contribution < -0.4 is 0 Å². The quantitative estimate of drug-likeness (QED) is 0.652. The number of hydrogen-bond acceptors (Lipinski definition) is 3. The monoisotopic (exact) mass is 234 g/mol. The molecule has 1 saturated heterocycles. The van der Waals surface area contributed by atoms with Gasteiger partial charge in [0.05, 0.1) is 6.61 Å². The number of hydrogen-bond donors (Lipinski definition) is 0. The first kappa shape index (κ1) is 11.2. The highest BCUT2D eigenvalue weighted by Crippen LogP contribution is 2.53. The molecule has 0 aromatic rings. The predicted octanol–water partition coefficient (Wildman–Crippen LogP) is 2.09. The van der Waals surface area contributed by atoms with E-state index in [-0.39, 0.29) is 17.6 Å². The lowest BCUT2D eigenvalue weighted by atomic mass is 9.65. The van der Waals surface area contributed by atoms with Gasteiger partial charge in [-0.25, -0.2) is 0 Å². The summed E-state index contributed by atoms with van der Waals surface area (Å²) in [5.41, 5.74) is 2.22. The Hall–Kier alpha value is -0.930. The van der Waals surface area contributed by atoms with Crippen LogP contribution >= 0.6 is 0 Å². The molecule has 0 N–H and O–H groups in total. The van der Waals surface area contributed by atoms with Crippen molar-refractivity contribution in [3.8, 4) is 0 Å². The fraction of sp³-hybridized carbons (Fsp3) is 0.643. The molecule has 3 nitrogen and oxygen atoms in total. The Bertz CT molecular complexity index is 435. The Morgan fingerprint density at radius 3 is 2.94 bits per heavy atom. The molecular weight excluding hydrogens is 216 g/mol. The van der Waals surface area contributed by atoms with Crippen LogP contribution in [-0.2, 0) is 14.3 Å². The number of carbonyl (C=O) groups is 1. The van der Waals surface area contributed by atoms with Crippen LogP contribution in [0.5, 0.6) is 0 Å². The molecule has 3 aliphatic rings. The molecule has 0 spiro atoms. The lowest BCUT2D eigenvalue weighted by Crippen LogP contribution is -2.50. The van der Waals surface area contributed by atoms with Crippen LogP contribution in [0.15, 0.2) is 23.3 Å². The molecule has 2 aliphatic carbocycles. The van der Waals surface area contributed by atoms with Crippen molar-refractivity contribution in [3.05, 3.63) is 23.3 Å². The van der Waals surface area contributed by atoms with Gasteiger partial charge in [-0.1, -0.05) is 11.6 Å². The van der Waals surface area contributed by atoms with E-state index in [0.717, 1.165) is 12.0 Å². The summed E-state index contributed by atoms with van der Waals surface area (Å²) in [5.74, 6) is 0.106. The molecule has 92 valence electrons. The number of ketones is 1. The molecule has 0 radical (unpaired) electrons. The standard InChI is InChI=1S/C14H18O3/c1-8-4-10-7-17-14(16-3)9(2)6-12(15)11(5-8)13(10)14/h4,6,10-11,13H,5,7H2,1-3H3/t10-,11+,13+,14-/m1/s1. The molecule has 0 aromatic heterocycles. The van der Waals surface area contributed by atoms with Gasteiger partial charge in [0.1, 0.15) is 0 Å². The van der Waals surface area contributed by atoms with Crippen molar-refractivity contribution >= 4 is 5.78 Å². The van der Waals surface area contributed by atoms with Crippen LogP contribution in [0.25, 0.3) is 0 Å². The SMILES string of the molecule is CO[C@@]12OC[C@H]3C=C(C)C[C@@H](C(=O)C=C1C)[C@H]32. The fourth-order valence-corrected chi connectivity index (χ4v) is 3.76. The molecule has 0 aromatic carbocycles. The third-order valence-electron chi connectivity index (χ3n) is 4.44. The normalized spacial score (nSPS) is 44.2. The van der Waals surface area contributed by atoms with Crippen LogP contribution in [0.1, 0.15) is 20.3 Å². The van der Waals surface area contributed by atoms with Crippen molar-refractivity contribution in [2.45, 2.75) is 26.1 Å². The molecule has 1 fully saturated rings. The van der Waals surface area contributed by atoms with E-state index in [1.54, 1.807) is 13.2 Å². The van der Waals surface area contributed by atoms with Crippen molar-refractivity contribution < 1.29 is 14.3 Å². The minimum absolute atomic E-state index is 0.0381. The van der Waals surface area contributed by atoms with Crippen molar-refractivity contribution in [1.29, 1.82) is 0 Å². The Balaban J connectivity index is 2.13. The molecule has 3 heteroatoms. The van der Waals surface area contributed by atoms with Gasteiger partial charge in [-0.3, -0.25) is 4.79 Å². The lowest BCUT2D eigenvalue weighted by molar-refractivity contribution is -0.200. The predicted molar refractivity (Wildman–Crippen MR) is 63.3 cm³/mol. The zero-order valence-corrected chi connectivity index (χ0v) is 10.5. The molecular formula is C14H18O3. The summed E-state index contributed by atoms with van der Waals surface area (Å²) in [6, 6.07) is 0. The summed E-state index contributed by atoms with van der Waals surface area (Å²) in [6.07, 6.45) is 4.82. The van der Waals surface area contributed by atoms with Crippen LogP contribution in [0, 0.1) is 17.8 Å². The smallest absolute Gasteiger partial charge is 0.194 e. The zero-order valence-electron chi connectivity index (χ0n) is 10.5. The Kier molecular flexibility index (Phi) is 2.32. The van der Waals surface area contributed by atoms with E-state index >= 15 is 0 Å². The van der Waals surface area contributed by atoms with E-state index in [9.17, 15) is 4.79 Å². The number of ether oxygens (including phenoxy) is 2. The average molecular weight is 234 g/mol. The number of allylic oxidation sites excluding steroid dienone is 2. The van der Waals surface area contributed by atoms with Gasteiger partial charge >= 0.3 is 0 Å². The van der Waals surface area contributed by atoms with Gasteiger partial charge in [0.15, 0.2) is 11.6 Å². The van der Waals surface area contributed by atoms with E-state index in [1.807, 2.05) is 6.92 Å². The van der Waals surface area contributed by atoms with E-state index in [0.29, 0.717) is 12.5 Å². The first-order valence-corrected chi connectivity index (χ1v) is 6.17. The molecule has 0 saturated carbocycles. The summed E-state index contributed by atoms with van der Waals surface area (Å²) < 4.78 is 11.6. The maximum atomic E-state index is 12.1. The van der Waals surface area contributed by atoms with Crippen LogP contribution in [-0.4, -0.2) is 25.3 Å². The molecule has 0 unspecified atom stereocenters. The van der Waals surface area contributed by atoms with Crippen LogP contribution in [0.2, 0.25) is 0 Å². The number of methoxy groups -OCH3 is 1. The number of carbonyl (C=O) groups excluding carboxylic acids is 1. The minimum Gasteiger partial charge on any atom is -0.349 e. The molecule has 1 heterocycles. The summed E-state index contributed by atoms with van der Waals surface area (Å²) in [7, 11) is 1.68. The largest absolute Gasteiger partial charge is 0.349 e. The Labute approximate surface area is 101 Å². The molecule has 3 rings (SSSR count). The number of rotatable bonds is 1. The third-order valence-corrected chi connectivity index (χ3v) is 4.44. The summed E-state index contributed by atoms with van der Waals surface area (Å²) in [5, 5.41) is 0. The Morgan fingerprint density at radius 2 is 2.24 bits per heavy atom. The first-order chi connectivity index (χ1) is 8.08. The highest BCUT2D eigenvalue weighted by atomic mass is 16.7. The van der Waals surface area contributed by atoms with Crippen molar-refractivity contribution in [1.82, 2.24) is 0 Å². The molecule has 17 heavy (non-hydrogen) atoms. The van der Waals surface area contributed by atoms with Crippen molar-refractivity contribution in [2.24, 2.45) is 17.8 Å². The third kappa shape index (κ3) is 1.33. The Morgan fingerprint density at radius 1 is 1.47 bits per heavy atom. The van der Waals surface area contributed by atoms with E-state index in [1.165, 1.54) is 5.57 Å². The molecule has 0 bridgehead atoms. The van der Waals surface area contributed by atoms with Gasteiger partial charge in [-0.15, -0.1) is 0 Å². The minimum atomic E-state index is -0.652. The van der Waals surface area contributed by atoms with Crippen molar-refractivity contribution in [3.63, 3.8) is 0 Å². The fourth-order valence-electron chi connectivity index (χ4n) is 3.76. The topological polar surface area (TPSA) is 35.5 Å². The zero-order chi connectivity index (χ0) is 12.2. The van der Waals surface area contributed by atoms with Gasteiger partial charge in [0.25, 0.3) is 0 Å². The maximum absolute atomic E-state index is 12.1. The first-order valence-electron chi connectivity index (χ1n) is 6.17. The second-order valence-corrected chi connectivity index (χ2v) is 5.43. The van der Waals surface area contributed by atoms with E-state index in [2.05, 4.69) is 13.0 Å². The second kappa shape index (κ2) is 3.53.